The van der Waals surface area contributed by atoms with Gasteiger partial charge in [-0.15, -0.1) is 0 Å². The van der Waals surface area contributed by atoms with Crippen molar-refractivity contribution in [3.63, 3.8) is 0 Å². The third-order valence-corrected chi connectivity index (χ3v) is 7.05. The molecule has 226 valence electrons. The van der Waals surface area contributed by atoms with Crippen LogP contribution < -0.4 is 35.0 Å². The molecule has 0 atom stereocenters. The maximum atomic E-state index is 14.4. The quantitative estimate of drug-likeness (QED) is 0.173. The molecule has 0 amide bonds. The van der Waals surface area contributed by atoms with Crippen LogP contribution in [0.25, 0.3) is 27.6 Å². The van der Waals surface area contributed by atoms with Gasteiger partial charge in [0.1, 0.15) is 12.3 Å². The zero-order valence-corrected chi connectivity index (χ0v) is 24.9. The van der Waals surface area contributed by atoms with E-state index in [0.717, 1.165) is 0 Å². The van der Waals surface area contributed by atoms with Crippen molar-refractivity contribution in [1.29, 1.82) is 0 Å². The summed E-state index contributed by atoms with van der Waals surface area (Å²) in [6, 6.07) is 18.7. The lowest BCUT2D eigenvalue weighted by atomic mass is 9.95. The third kappa shape index (κ3) is 5.42. The predicted molar refractivity (Wildman–Crippen MR) is 166 cm³/mol. The molecule has 0 aliphatic rings. The second kappa shape index (κ2) is 12.7. The molecule has 0 radical (unpaired) electrons. The Morgan fingerprint density at radius 3 is 2.02 bits per heavy atom. The van der Waals surface area contributed by atoms with Crippen molar-refractivity contribution >= 4 is 22.4 Å². The first-order valence-corrected chi connectivity index (χ1v) is 13.4. The molecule has 0 aliphatic carbocycles. The molecule has 2 heterocycles. The summed E-state index contributed by atoms with van der Waals surface area (Å²) in [5.74, 6) is 0.948. The first-order valence-electron chi connectivity index (χ1n) is 13.4. The number of hydrogen-bond donors (Lipinski definition) is 1. The molecule has 0 saturated heterocycles. The molecule has 2 N–H and O–H groups in total. The highest BCUT2D eigenvalue weighted by Crippen LogP contribution is 2.45. The number of anilines is 1. The van der Waals surface area contributed by atoms with E-state index < -0.39 is 11.5 Å². The fraction of sp³-hybridized carbons (Fsp3) is 0.182. The Morgan fingerprint density at radius 1 is 0.795 bits per heavy atom. The zero-order valence-electron chi connectivity index (χ0n) is 24.9. The maximum Gasteiger partial charge on any atom is 0.355 e. The number of nitrogen functional groups attached to an aromatic ring is 1. The molecule has 11 heteroatoms. The van der Waals surface area contributed by atoms with E-state index in [-0.39, 0.29) is 17.7 Å². The van der Waals surface area contributed by atoms with Gasteiger partial charge in [-0.1, -0.05) is 6.07 Å². The molecule has 44 heavy (non-hydrogen) atoms. The smallest absolute Gasteiger partial charge is 0.355 e. The van der Waals surface area contributed by atoms with Crippen molar-refractivity contribution in [2.24, 2.45) is 0 Å². The molecule has 0 bridgehead atoms. The highest BCUT2D eigenvalue weighted by atomic mass is 16.5. The highest BCUT2D eigenvalue weighted by molar-refractivity contribution is 6.08. The number of pyridine rings is 2. The Hall–Kier alpha value is -5.71. The second-order valence-corrected chi connectivity index (χ2v) is 9.52. The molecule has 2 aromatic heterocycles. The molecular weight excluding hydrogens is 566 g/mol. The predicted octanol–water partition coefficient (Wildman–Crippen LogP) is 5.03. The van der Waals surface area contributed by atoms with Gasteiger partial charge in [0, 0.05) is 28.5 Å². The average Bonchev–Trinajstić information content (AvgIpc) is 3.06. The summed E-state index contributed by atoms with van der Waals surface area (Å²) in [4.78, 5) is 32.3. The summed E-state index contributed by atoms with van der Waals surface area (Å²) in [6.07, 6.45) is 1.67. The van der Waals surface area contributed by atoms with Crippen LogP contribution in [-0.4, -0.2) is 51.1 Å². The van der Waals surface area contributed by atoms with Gasteiger partial charge in [0.25, 0.3) is 5.56 Å². The number of hydrogen-bond acceptors (Lipinski definition) is 10. The molecule has 3 aromatic carbocycles. The van der Waals surface area contributed by atoms with E-state index >= 15 is 0 Å². The van der Waals surface area contributed by atoms with E-state index in [1.54, 1.807) is 54.7 Å². The summed E-state index contributed by atoms with van der Waals surface area (Å²) in [7, 11) is 7.21. The van der Waals surface area contributed by atoms with Gasteiger partial charge in [-0.05, 0) is 66.2 Å². The van der Waals surface area contributed by atoms with Crippen molar-refractivity contribution in [1.82, 2.24) is 9.55 Å². The van der Waals surface area contributed by atoms with Gasteiger partial charge in [0.05, 0.1) is 46.6 Å². The van der Waals surface area contributed by atoms with Crippen LogP contribution in [0, 0.1) is 0 Å². The first kappa shape index (κ1) is 29.8. The van der Waals surface area contributed by atoms with Crippen LogP contribution in [0.5, 0.6) is 28.7 Å². The van der Waals surface area contributed by atoms with Crippen LogP contribution in [0.2, 0.25) is 0 Å². The Bertz CT molecular complexity index is 1860. The molecule has 0 fully saturated rings. The minimum atomic E-state index is -0.751. The second-order valence-electron chi connectivity index (χ2n) is 9.52. The van der Waals surface area contributed by atoms with Crippen molar-refractivity contribution < 1.29 is 33.2 Å². The normalized spacial score (nSPS) is 10.8. The number of ether oxygens (including phenoxy) is 6. The molecular formula is C33H31N3O8. The van der Waals surface area contributed by atoms with E-state index in [9.17, 15) is 9.59 Å². The van der Waals surface area contributed by atoms with Crippen LogP contribution in [0.1, 0.15) is 16.2 Å². The fourth-order valence-corrected chi connectivity index (χ4v) is 4.99. The lowest BCUT2D eigenvalue weighted by Gasteiger charge is -2.21. The molecule has 5 aromatic rings. The van der Waals surface area contributed by atoms with Crippen molar-refractivity contribution in [2.45, 2.75) is 6.61 Å². The molecule has 0 saturated carbocycles. The summed E-state index contributed by atoms with van der Waals surface area (Å²) in [5.41, 5.74) is 7.84. The lowest BCUT2D eigenvalue weighted by Crippen LogP contribution is -2.27. The summed E-state index contributed by atoms with van der Waals surface area (Å²) in [6.45, 7) is 0.134. The van der Waals surface area contributed by atoms with Gasteiger partial charge in [0.15, 0.2) is 23.0 Å². The number of rotatable bonds is 10. The van der Waals surface area contributed by atoms with Crippen molar-refractivity contribution in [3.05, 3.63) is 94.7 Å². The number of carbonyl (C=O) groups is 1. The number of benzene rings is 3. The number of carbonyl (C=O) groups excluding carboxylic acids is 1. The van der Waals surface area contributed by atoms with E-state index in [2.05, 4.69) is 4.98 Å². The Labute approximate surface area is 253 Å². The van der Waals surface area contributed by atoms with Crippen LogP contribution in [0.15, 0.2) is 77.7 Å². The standard InChI is InChI=1S/C33H31N3O8/c1-39-25-16-23-24(17-26(25)44-18-21-8-6-7-13-35-21)32(37)36(22-11-9-20(34)10-12-22)30(33(38)43-5)29(23)19-14-27(40-2)31(42-4)28(15-19)41-3/h6-17H,18,34H2,1-5H3. The SMILES string of the molecule is COC(=O)c1c(-c2cc(OC)c(OC)c(OC)c2)c2cc(OC)c(OCc3ccccn3)cc2c(=O)n1-c1ccc(N)cc1. The van der Waals surface area contributed by atoms with Gasteiger partial charge >= 0.3 is 5.97 Å². The summed E-state index contributed by atoms with van der Waals surface area (Å²) < 4.78 is 35.1. The summed E-state index contributed by atoms with van der Waals surface area (Å²) in [5, 5.41) is 0.647. The monoisotopic (exact) mass is 597 g/mol. The van der Waals surface area contributed by atoms with Crippen LogP contribution in [0.3, 0.4) is 0 Å². The van der Waals surface area contributed by atoms with Gasteiger partial charge < -0.3 is 34.2 Å². The van der Waals surface area contributed by atoms with Gasteiger partial charge in [-0.25, -0.2) is 4.79 Å². The van der Waals surface area contributed by atoms with Crippen molar-refractivity contribution in [2.75, 3.05) is 41.3 Å². The molecule has 0 unspecified atom stereocenters. The number of nitrogens with two attached hydrogens (primary N) is 1. The number of esters is 1. The van der Waals surface area contributed by atoms with Gasteiger partial charge in [0.2, 0.25) is 5.75 Å². The highest BCUT2D eigenvalue weighted by Gasteiger charge is 2.28. The van der Waals surface area contributed by atoms with E-state index in [0.29, 0.717) is 62.3 Å². The number of nitrogens with zero attached hydrogens (tertiary/aromatic N) is 2. The fourth-order valence-electron chi connectivity index (χ4n) is 4.99. The zero-order chi connectivity index (χ0) is 31.4. The number of methoxy groups -OCH3 is 5. The molecule has 5 rings (SSSR count). The van der Waals surface area contributed by atoms with E-state index in [4.69, 9.17) is 34.2 Å². The first-order chi connectivity index (χ1) is 21.3. The minimum absolute atomic E-state index is 0.0340. The summed E-state index contributed by atoms with van der Waals surface area (Å²) >= 11 is 0. The largest absolute Gasteiger partial charge is 0.493 e. The van der Waals surface area contributed by atoms with E-state index in [1.807, 2.05) is 18.2 Å². The van der Waals surface area contributed by atoms with Crippen LogP contribution in [-0.2, 0) is 11.3 Å². The topological polar surface area (TPSA) is 133 Å². The Morgan fingerprint density at radius 2 is 1.45 bits per heavy atom. The number of fused-ring (bicyclic) bond motifs is 1. The Balaban J connectivity index is 1.91. The average molecular weight is 598 g/mol. The maximum absolute atomic E-state index is 14.4. The molecule has 0 spiro atoms. The van der Waals surface area contributed by atoms with Crippen LogP contribution in [0.4, 0.5) is 5.69 Å². The van der Waals surface area contributed by atoms with Gasteiger partial charge in [-0.2, -0.15) is 0 Å². The van der Waals surface area contributed by atoms with Gasteiger partial charge in [-0.3, -0.25) is 14.3 Å². The minimum Gasteiger partial charge on any atom is -0.493 e. The number of aromatic nitrogens is 2. The van der Waals surface area contributed by atoms with Crippen LogP contribution >= 0.6 is 0 Å². The molecule has 0 aliphatic heterocycles. The Kier molecular flexibility index (Phi) is 8.56. The third-order valence-electron chi connectivity index (χ3n) is 7.05. The lowest BCUT2D eigenvalue weighted by molar-refractivity contribution is 0.0591. The van der Waals surface area contributed by atoms with E-state index in [1.165, 1.54) is 40.1 Å². The van der Waals surface area contributed by atoms with Crippen molar-refractivity contribution in [3.8, 4) is 45.6 Å². The molecule has 11 nitrogen and oxygen atoms in total.